The molecule has 5 nitrogen and oxygen atoms in total. The van der Waals surface area contributed by atoms with E-state index in [-0.39, 0.29) is 24.9 Å². The third-order valence-electron chi connectivity index (χ3n) is 5.97. The standard InChI is InChI=1S/C21H18ClNO4/c1-26-20(25)23-11-21(22,19-18(23)16(24)10-27-19)17-14-8-4-2-6-12(14)13-7-3-5-9-15(13)17/h2-9,17-19H,10-11H2,1H3/t18-,19+,21-/m1/s1. The first-order valence-corrected chi connectivity index (χ1v) is 9.30. The van der Waals surface area contributed by atoms with E-state index in [2.05, 4.69) is 24.3 Å². The molecule has 27 heavy (non-hydrogen) atoms. The van der Waals surface area contributed by atoms with Crippen molar-refractivity contribution in [3.05, 3.63) is 59.7 Å². The van der Waals surface area contributed by atoms with Crippen LogP contribution in [0.25, 0.3) is 11.1 Å². The number of hydrogen-bond donors (Lipinski definition) is 0. The summed E-state index contributed by atoms with van der Waals surface area (Å²) in [5.41, 5.74) is 4.47. The molecule has 2 aromatic carbocycles. The van der Waals surface area contributed by atoms with E-state index in [0.717, 1.165) is 22.3 Å². The molecule has 0 unspecified atom stereocenters. The highest BCUT2D eigenvalue weighted by Crippen LogP contribution is 2.56. The maximum Gasteiger partial charge on any atom is 0.410 e. The fourth-order valence-electron chi connectivity index (χ4n) is 4.93. The zero-order chi connectivity index (χ0) is 18.8. The van der Waals surface area contributed by atoms with E-state index >= 15 is 0 Å². The van der Waals surface area contributed by atoms with E-state index in [1.165, 1.54) is 12.0 Å². The molecule has 1 amide bonds. The van der Waals surface area contributed by atoms with Crippen molar-refractivity contribution >= 4 is 23.5 Å². The van der Waals surface area contributed by atoms with Gasteiger partial charge in [-0.25, -0.2) is 4.79 Å². The number of fused-ring (bicyclic) bond motifs is 4. The molecule has 1 aliphatic carbocycles. The Balaban J connectivity index is 1.68. The van der Waals surface area contributed by atoms with Gasteiger partial charge in [-0.2, -0.15) is 0 Å². The third-order valence-corrected chi connectivity index (χ3v) is 6.52. The predicted octanol–water partition coefficient (Wildman–Crippen LogP) is 3.20. The Morgan fingerprint density at radius 2 is 1.74 bits per heavy atom. The van der Waals surface area contributed by atoms with Crippen molar-refractivity contribution in [2.24, 2.45) is 0 Å². The monoisotopic (exact) mass is 383 g/mol. The van der Waals surface area contributed by atoms with Crippen LogP contribution in [-0.2, 0) is 14.3 Å². The highest BCUT2D eigenvalue weighted by molar-refractivity contribution is 6.27. The molecule has 0 radical (unpaired) electrons. The van der Waals surface area contributed by atoms with Crippen LogP contribution < -0.4 is 0 Å². The van der Waals surface area contributed by atoms with E-state index in [1.807, 2.05) is 24.3 Å². The van der Waals surface area contributed by atoms with Gasteiger partial charge < -0.3 is 9.47 Å². The molecule has 2 saturated heterocycles. The number of alkyl halides is 1. The summed E-state index contributed by atoms with van der Waals surface area (Å²) in [6, 6.07) is 15.6. The Labute approximate surface area is 161 Å². The summed E-state index contributed by atoms with van der Waals surface area (Å²) < 4.78 is 10.7. The third kappa shape index (κ3) is 2.15. The first-order valence-electron chi connectivity index (χ1n) is 8.92. The largest absolute Gasteiger partial charge is 0.453 e. The van der Waals surface area contributed by atoms with E-state index in [9.17, 15) is 9.59 Å². The van der Waals surface area contributed by atoms with Gasteiger partial charge in [0.15, 0.2) is 5.78 Å². The number of ether oxygens (including phenoxy) is 2. The van der Waals surface area contributed by atoms with Gasteiger partial charge in [0.25, 0.3) is 0 Å². The van der Waals surface area contributed by atoms with Crippen LogP contribution in [0.1, 0.15) is 17.0 Å². The van der Waals surface area contributed by atoms with Crippen molar-refractivity contribution < 1.29 is 19.1 Å². The Morgan fingerprint density at radius 1 is 1.15 bits per heavy atom. The summed E-state index contributed by atoms with van der Waals surface area (Å²) in [6.45, 7) is 0.156. The summed E-state index contributed by atoms with van der Waals surface area (Å²) >= 11 is 7.27. The average Bonchev–Trinajstić information content (AvgIpc) is 3.33. The van der Waals surface area contributed by atoms with E-state index in [0.29, 0.717) is 0 Å². The lowest BCUT2D eigenvalue weighted by Gasteiger charge is -2.34. The van der Waals surface area contributed by atoms with Crippen molar-refractivity contribution in [1.82, 2.24) is 4.90 Å². The van der Waals surface area contributed by atoms with E-state index < -0.39 is 23.1 Å². The SMILES string of the molecule is COC(=O)N1C[C@@](Cl)(C2c3ccccc3-c3ccccc32)[C@H]2OCC(=O)[C@H]21. The topological polar surface area (TPSA) is 55.8 Å². The highest BCUT2D eigenvalue weighted by Gasteiger charge is 2.64. The molecular weight excluding hydrogens is 366 g/mol. The molecule has 2 fully saturated rings. The van der Waals surface area contributed by atoms with Crippen molar-refractivity contribution in [3.8, 4) is 11.1 Å². The second kappa shape index (κ2) is 5.81. The Hall–Kier alpha value is -2.37. The second-order valence-corrected chi connectivity index (χ2v) is 7.98. The zero-order valence-electron chi connectivity index (χ0n) is 14.7. The van der Waals surface area contributed by atoms with Crippen molar-refractivity contribution in [1.29, 1.82) is 0 Å². The number of rotatable bonds is 1. The Kier molecular flexibility index (Phi) is 3.61. The number of likely N-dealkylation sites (tertiary alicyclic amines) is 1. The number of amides is 1. The summed E-state index contributed by atoms with van der Waals surface area (Å²) in [6.07, 6.45) is -1.12. The van der Waals surface area contributed by atoms with E-state index in [4.69, 9.17) is 21.1 Å². The van der Waals surface area contributed by atoms with Gasteiger partial charge in [-0.3, -0.25) is 9.69 Å². The Bertz CT molecular complexity index is 915. The molecule has 3 aliphatic rings. The number of ketones is 1. The summed E-state index contributed by atoms with van der Waals surface area (Å²) in [7, 11) is 1.31. The first kappa shape index (κ1) is 16.8. The van der Waals surface area contributed by atoms with Crippen LogP contribution in [0.5, 0.6) is 0 Å². The quantitative estimate of drug-likeness (QED) is 0.710. The maximum atomic E-state index is 12.4. The average molecular weight is 384 g/mol. The number of benzene rings is 2. The lowest BCUT2D eigenvalue weighted by atomic mass is 9.80. The first-order chi connectivity index (χ1) is 13.1. The predicted molar refractivity (Wildman–Crippen MR) is 100.0 cm³/mol. The fraction of sp³-hybridized carbons (Fsp3) is 0.333. The fourth-order valence-corrected chi connectivity index (χ4v) is 5.47. The lowest BCUT2D eigenvalue weighted by molar-refractivity contribution is -0.121. The normalized spacial score (nSPS) is 28.8. The van der Waals surface area contributed by atoms with Crippen LogP contribution in [0.2, 0.25) is 0 Å². The van der Waals surface area contributed by atoms with Crippen molar-refractivity contribution in [3.63, 3.8) is 0 Å². The zero-order valence-corrected chi connectivity index (χ0v) is 15.5. The van der Waals surface area contributed by atoms with Gasteiger partial charge in [0, 0.05) is 12.5 Å². The minimum Gasteiger partial charge on any atom is -0.453 e. The molecule has 138 valence electrons. The summed E-state index contributed by atoms with van der Waals surface area (Å²) in [4.78, 5) is 25.3. The number of halogens is 1. The van der Waals surface area contributed by atoms with Crippen LogP contribution >= 0.6 is 11.6 Å². The van der Waals surface area contributed by atoms with Gasteiger partial charge in [0.1, 0.15) is 23.6 Å². The van der Waals surface area contributed by atoms with Gasteiger partial charge in [0.2, 0.25) is 0 Å². The second-order valence-electron chi connectivity index (χ2n) is 7.27. The number of carbonyl (C=O) groups excluding carboxylic acids is 2. The molecule has 0 N–H and O–H groups in total. The molecule has 0 aromatic heterocycles. The van der Waals surface area contributed by atoms with Gasteiger partial charge >= 0.3 is 6.09 Å². The minimum absolute atomic E-state index is 0.0344. The number of carbonyl (C=O) groups is 2. The molecule has 2 aromatic rings. The van der Waals surface area contributed by atoms with Crippen LogP contribution in [0.15, 0.2) is 48.5 Å². The summed E-state index contributed by atoms with van der Waals surface area (Å²) in [5.74, 6) is -0.313. The van der Waals surface area contributed by atoms with Gasteiger partial charge in [0.05, 0.1) is 7.11 Å². The van der Waals surface area contributed by atoms with Crippen molar-refractivity contribution in [2.45, 2.75) is 22.9 Å². The van der Waals surface area contributed by atoms with Gasteiger partial charge in [-0.15, -0.1) is 11.6 Å². The number of hydrogen-bond acceptors (Lipinski definition) is 4. The molecule has 2 aliphatic heterocycles. The molecule has 2 heterocycles. The van der Waals surface area contributed by atoms with Crippen LogP contribution in [-0.4, -0.2) is 54.1 Å². The molecule has 0 spiro atoms. The number of Topliss-reactive ketones (excluding diaryl/α,β-unsaturated/α-hetero) is 1. The smallest absolute Gasteiger partial charge is 0.410 e. The van der Waals surface area contributed by atoms with Crippen LogP contribution in [0, 0.1) is 0 Å². The van der Waals surface area contributed by atoms with Gasteiger partial charge in [-0.1, -0.05) is 48.5 Å². The molecule has 0 bridgehead atoms. The molecule has 0 saturated carbocycles. The van der Waals surface area contributed by atoms with E-state index in [1.54, 1.807) is 0 Å². The molecular formula is C21H18ClNO4. The maximum absolute atomic E-state index is 12.4. The number of methoxy groups -OCH3 is 1. The minimum atomic E-state index is -0.951. The molecule has 3 atom stereocenters. The van der Waals surface area contributed by atoms with Gasteiger partial charge in [-0.05, 0) is 22.3 Å². The molecule has 6 heteroatoms. The number of nitrogens with zero attached hydrogens (tertiary/aromatic N) is 1. The Morgan fingerprint density at radius 3 is 2.33 bits per heavy atom. The van der Waals surface area contributed by atoms with Crippen molar-refractivity contribution in [2.75, 3.05) is 20.3 Å². The lowest BCUT2D eigenvalue weighted by Crippen LogP contribution is -2.43. The summed E-state index contributed by atoms with van der Waals surface area (Å²) in [5, 5.41) is 0. The highest BCUT2D eigenvalue weighted by atomic mass is 35.5. The van der Waals surface area contributed by atoms with Crippen LogP contribution in [0.3, 0.4) is 0 Å². The van der Waals surface area contributed by atoms with Crippen LogP contribution in [0.4, 0.5) is 4.79 Å². The molecule has 5 rings (SSSR count).